The number of hydrogen-bond acceptors (Lipinski definition) is 5. The van der Waals surface area contributed by atoms with Crippen molar-refractivity contribution in [1.82, 2.24) is 10.6 Å². The fourth-order valence-corrected chi connectivity index (χ4v) is 3.59. The number of aryl methyl sites for hydroxylation is 1. The molecule has 156 valence electrons. The van der Waals surface area contributed by atoms with Crippen molar-refractivity contribution in [1.29, 1.82) is 0 Å². The maximum atomic E-state index is 12.2. The van der Waals surface area contributed by atoms with Gasteiger partial charge in [0.15, 0.2) is 0 Å². The summed E-state index contributed by atoms with van der Waals surface area (Å²) in [4.78, 5) is 24.2. The standard InChI is InChI=1S/C20H25N3O5S/c1-15-7-3-4-10-18(15)23(29(2,27)28)14-19(25)21-11-6-12-22-20(26)16-8-5-9-17(24)13-16/h3-5,7-10,13,24H,6,11-12,14H2,1-2H3,(H,21,25)(H,22,26). The number of carbonyl (C=O) groups is 2. The molecule has 2 aromatic rings. The lowest BCUT2D eigenvalue weighted by molar-refractivity contribution is -0.119. The number of carbonyl (C=O) groups excluding carboxylic acids is 2. The lowest BCUT2D eigenvalue weighted by Gasteiger charge is -2.23. The molecule has 0 aromatic heterocycles. The number of sulfonamides is 1. The molecule has 0 radical (unpaired) electrons. The largest absolute Gasteiger partial charge is 0.508 e. The molecular formula is C20H25N3O5S. The molecule has 29 heavy (non-hydrogen) atoms. The third kappa shape index (κ3) is 6.79. The third-order valence-electron chi connectivity index (χ3n) is 4.14. The Labute approximate surface area is 170 Å². The molecule has 0 atom stereocenters. The fraction of sp³-hybridized carbons (Fsp3) is 0.300. The summed E-state index contributed by atoms with van der Waals surface area (Å²) >= 11 is 0. The minimum Gasteiger partial charge on any atom is -0.508 e. The summed E-state index contributed by atoms with van der Waals surface area (Å²) in [5, 5.41) is 14.7. The smallest absolute Gasteiger partial charge is 0.251 e. The van der Waals surface area contributed by atoms with E-state index in [9.17, 15) is 23.1 Å². The van der Waals surface area contributed by atoms with Gasteiger partial charge in [0.25, 0.3) is 5.91 Å². The zero-order chi connectivity index (χ0) is 21.4. The Hall–Kier alpha value is -3.07. The molecule has 0 aliphatic rings. The van der Waals surface area contributed by atoms with Gasteiger partial charge in [-0.1, -0.05) is 24.3 Å². The average molecular weight is 420 g/mol. The average Bonchev–Trinajstić information content (AvgIpc) is 2.65. The van der Waals surface area contributed by atoms with Gasteiger partial charge in [0.2, 0.25) is 15.9 Å². The second kappa shape index (κ2) is 9.92. The Balaban J connectivity index is 1.81. The summed E-state index contributed by atoms with van der Waals surface area (Å²) in [6.07, 6.45) is 1.53. The molecule has 8 nitrogen and oxygen atoms in total. The van der Waals surface area contributed by atoms with E-state index in [1.165, 1.54) is 12.1 Å². The number of hydrogen-bond donors (Lipinski definition) is 3. The van der Waals surface area contributed by atoms with Gasteiger partial charge in [-0.15, -0.1) is 0 Å². The Morgan fingerprint density at radius 1 is 1.03 bits per heavy atom. The Morgan fingerprint density at radius 3 is 2.38 bits per heavy atom. The van der Waals surface area contributed by atoms with Crippen LogP contribution in [0, 0.1) is 6.92 Å². The van der Waals surface area contributed by atoms with Crippen LogP contribution in [0.3, 0.4) is 0 Å². The highest BCUT2D eigenvalue weighted by molar-refractivity contribution is 7.92. The van der Waals surface area contributed by atoms with Crippen LogP contribution in [0.15, 0.2) is 48.5 Å². The molecule has 0 unspecified atom stereocenters. The number of benzene rings is 2. The molecule has 0 fully saturated rings. The quantitative estimate of drug-likeness (QED) is 0.532. The number of para-hydroxylation sites is 1. The van der Waals surface area contributed by atoms with Crippen LogP contribution in [0.5, 0.6) is 5.75 Å². The zero-order valence-corrected chi connectivity index (χ0v) is 17.2. The molecule has 0 heterocycles. The molecule has 2 aromatic carbocycles. The number of anilines is 1. The van der Waals surface area contributed by atoms with Crippen LogP contribution in [-0.4, -0.2) is 51.2 Å². The van der Waals surface area contributed by atoms with Gasteiger partial charge in [0, 0.05) is 18.7 Å². The molecule has 0 aliphatic carbocycles. The lowest BCUT2D eigenvalue weighted by Crippen LogP contribution is -2.41. The van der Waals surface area contributed by atoms with Crippen molar-refractivity contribution in [2.24, 2.45) is 0 Å². The van der Waals surface area contributed by atoms with E-state index in [0.29, 0.717) is 24.2 Å². The van der Waals surface area contributed by atoms with Crippen molar-refractivity contribution >= 4 is 27.5 Å². The van der Waals surface area contributed by atoms with Crippen LogP contribution in [0.4, 0.5) is 5.69 Å². The number of nitrogens with zero attached hydrogens (tertiary/aromatic N) is 1. The number of amides is 2. The molecule has 2 amide bonds. The van der Waals surface area contributed by atoms with Gasteiger partial charge in [-0.25, -0.2) is 8.42 Å². The van der Waals surface area contributed by atoms with Gasteiger partial charge >= 0.3 is 0 Å². The first-order chi connectivity index (χ1) is 13.7. The Kier molecular flexibility index (Phi) is 7.60. The molecule has 0 saturated heterocycles. The molecule has 0 spiro atoms. The number of rotatable bonds is 9. The first kappa shape index (κ1) is 22.2. The minimum absolute atomic E-state index is 0.00833. The summed E-state index contributed by atoms with van der Waals surface area (Å²) in [5.74, 6) is -0.748. The summed E-state index contributed by atoms with van der Waals surface area (Å²) in [5.41, 5.74) is 1.56. The first-order valence-electron chi connectivity index (χ1n) is 9.06. The monoisotopic (exact) mass is 419 g/mol. The van der Waals surface area contributed by atoms with Crippen LogP contribution in [0.25, 0.3) is 0 Å². The molecule has 3 N–H and O–H groups in total. The SMILES string of the molecule is Cc1ccccc1N(CC(=O)NCCCNC(=O)c1cccc(O)c1)S(C)(=O)=O. The van der Waals surface area contributed by atoms with Gasteiger partial charge in [-0.2, -0.15) is 0 Å². The van der Waals surface area contributed by atoms with E-state index in [1.807, 2.05) is 0 Å². The number of nitrogens with one attached hydrogen (secondary N) is 2. The van der Waals surface area contributed by atoms with Crippen molar-refractivity contribution in [2.45, 2.75) is 13.3 Å². The van der Waals surface area contributed by atoms with E-state index in [2.05, 4.69) is 10.6 Å². The van der Waals surface area contributed by atoms with Gasteiger partial charge in [-0.05, 0) is 43.2 Å². The van der Waals surface area contributed by atoms with Crippen LogP contribution in [-0.2, 0) is 14.8 Å². The molecule has 0 saturated carbocycles. The number of aromatic hydroxyl groups is 1. The second-order valence-electron chi connectivity index (χ2n) is 6.57. The number of phenols is 1. The van der Waals surface area contributed by atoms with Gasteiger partial charge in [0.05, 0.1) is 11.9 Å². The predicted octanol–water partition coefficient (Wildman–Crippen LogP) is 1.40. The van der Waals surface area contributed by atoms with E-state index in [0.717, 1.165) is 16.1 Å². The van der Waals surface area contributed by atoms with Gasteiger partial charge in [0.1, 0.15) is 12.3 Å². The first-order valence-corrected chi connectivity index (χ1v) is 10.9. The van der Waals surface area contributed by atoms with Gasteiger partial charge < -0.3 is 15.7 Å². The van der Waals surface area contributed by atoms with Gasteiger partial charge in [-0.3, -0.25) is 13.9 Å². The zero-order valence-electron chi connectivity index (χ0n) is 16.4. The molecular weight excluding hydrogens is 394 g/mol. The highest BCUT2D eigenvalue weighted by Crippen LogP contribution is 2.21. The summed E-state index contributed by atoms with van der Waals surface area (Å²) in [6, 6.07) is 12.9. The third-order valence-corrected chi connectivity index (χ3v) is 5.27. The Bertz CT molecular complexity index is 976. The highest BCUT2D eigenvalue weighted by Gasteiger charge is 2.21. The molecule has 0 bridgehead atoms. The van der Waals surface area contributed by atoms with Crippen LogP contribution >= 0.6 is 0 Å². The van der Waals surface area contributed by atoms with Crippen LogP contribution in [0.2, 0.25) is 0 Å². The Morgan fingerprint density at radius 2 is 1.72 bits per heavy atom. The second-order valence-corrected chi connectivity index (χ2v) is 8.47. The maximum Gasteiger partial charge on any atom is 0.251 e. The topological polar surface area (TPSA) is 116 Å². The minimum atomic E-state index is -3.62. The molecule has 2 rings (SSSR count). The van der Waals surface area contributed by atoms with E-state index >= 15 is 0 Å². The lowest BCUT2D eigenvalue weighted by atomic mass is 10.2. The van der Waals surface area contributed by atoms with Crippen LogP contribution < -0.4 is 14.9 Å². The normalized spacial score (nSPS) is 11.0. The van der Waals surface area contributed by atoms with Crippen molar-refractivity contribution in [2.75, 3.05) is 30.2 Å². The predicted molar refractivity (Wildman–Crippen MR) is 111 cm³/mol. The van der Waals surface area contributed by atoms with E-state index < -0.39 is 15.9 Å². The molecule has 0 aliphatic heterocycles. The summed E-state index contributed by atoms with van der Waals surface area (Å²) in [7, 11) is -3.62. The molecule has 9 heteroatoms. The maximum absolute atomic E-state index is 12.2. The summed E-state index contributed by atoms with van der Waals surface area (Å²) < 4.78 is 25.3. The highest BCUT2D eigenvalue weighted by atomic mass is 32.2. The number of phenolic OH excluding ortho intramolecular Hbond substituents is 1. The van der Waals surface area contributed by atoms with Crippen molar-refractivity contribution in [3.8, 4) is 5.75 Å². The van der Waals surface area contributed by atoms with Crippen LogP contribution in [0.1, 0.15) is 22.3 Å². The van der Waals surface area contributed by atoms with Crippen molar-refractivity contribution in [3.05, 3.63) is 59.7 Å². The van der Waals surface area contributed by atoms with Crippen molar-refractivity contribution < 1.29 is 23.1 Å². The summed E-state index contributed by atoms with van der Waals surface area (Å²) in [6.45, 7) is 2.06. The fourth-order valence-electron chi connectivity index (χ4n) is 2.68. The van der Waals surface area contributed by atoms with E-state index in [-0.39, 0.29) is 24.7 Å². The van der Waals surface area contributed by atoms with Crippen molar-refractivity contribution in [3.63, 3.8) is 0 Å². The van der Waals surface area contributed by atoms with E-state index in [4.69, 9.17) is 0 Å². The van der Waals surface area contributed by atoms with E-state index in [1.54, 1.807) is 43.3 Å².